The van der Waals surface area contributed by atoms with Gasteiger partial charge in [0.15, 0.2) is 6.29 Å². The molecule has 0 saturated heterocycles. The zero-order valence-electron chi connectivity index (χ0n) is 12.3. The van der Waals surface area contributed by atoms with E-state index >= 15 is 0 Å². The Balaban J connectivity index is 1.75. The number of ether oxygens (including phenoxy) is 2. The summed E-state index contributed by atoms with van der Waals surface area (Å²) in [6, 6.07) is 3.41. The smallest absolute Gasteiger partial charge is 0.306 e. The van der Waals surface area contributed by atoms with Crippen molar-refractivity contribution < 1.29 is 19.1 Å². The van der Waals surface area contributed by atoms with Gasteiger partial charge in [-0.3, -0.25) is 9.59 Å². The number of esters is 1. The van der Waals surface area contributed by atoms with E-state index in [2.05, 4.69) is 4.98 Å². The molecular formula is C16H21NO4. The molecule has 1 aromatic rings. The van der Waals surface area contributed by atoms with E-state index < -0.39 is 0 Å². The van der Waals surface area contributed by atoms with Gasteiger partial charge >= 0.3 is 5.97 Å². The van der Waals surface area contributed by atoms with Crippen LogP contribution in [0.15, 0.2) is 18.3 Å². The van der Waals surface area contributed by atoms with Gasteiger partial charge in [0, 0.05) is 24.2 Å². The molecule has 0 atom stereocenters. The fourth-order valence-electron chi connectivity index (χ4n) is 2.61. The molecule has 21 heavy (non-hydrogen) atoms. The van der Waals surface area contributed by atoms with Gasteiger partial charge in [0.2, 0.25) is 5.88 Å². The number of carbonyl (C=O) groups is 2. The van der Waals surface area contributed by atoms with Crippen molar-refractivity contribution in [3.05, 3.63) is 23.9 Å². The predicted molar refractivity (Wildman–Crippen MR) is 77.2 cm³/mol. The van der Waals surface area contributed by atoms with Crippen molar-refractivity contribution in [1.82, 2.24) is 4.98 Å². The maximum Gasteiger partial charge on any atom is 0.306 e. The number of aromatic nitrogens is 1. The maximum absolute atomic E-state index is 11.5. The average molecular weight is 291 g/mol. The Morgan fingerprint density at radius 3 is 2.67 bits per heavy atom. The third kappa shape index (κ3) is 4.85. The summed E-state index contributed by atoms with van der Waals surface area (Å²) in [6.45, 7) is 2.27. The summed E-state index contributed by atoms with van der Waals surface area (Å²) >= 11 is 0. The van der Waals surface area contributed by atoms with Crippen molar-refractivity contribution in [3.8, 4) is 5.88 Å². The van der Waals surface area contributed by atoms with E-state index in [4.69, 9.17) is 9.47 Å². The summed E-state index contributed by atoms with van der Waals surface area (Å²) in [5.74, 6) is 0.844. The van der Waals surface area contributed by atoms with Crippen LogP contribution in [-0.4, -0.2) is 30.0 Å². The van der Waals surface area contributed by atoms with E-state index in [1.54, 1.807) is 12.1 Å². The molecule has 1 aliphatic carbocycles. The van der Waals surface area contributed by atoms with E-state index in [0.29, 0.717) is 30.4 Å². The number of aldehydes is 1. The summed E-state index contributed by atoms with van der Waals surface area (Å²) < 4.78 is 10.8. The molecule has 0 radical (unpaired) electrons. The predicted octanol–water partition coefficient (Wildman–Crippen LogP) is 2.78. The van der Waals surface area contributed by atoms with Crippen LogP contribution in [-0.2, 0) is 9.53 Å². The molecule has 0 bridgehead atoms. The zero-order chi connectivity index (χ0) is 15.1. The third-order valence-electron chi connectivity index (χ3n) is 3.74. The van der Waals surface area contributed by atoms with Gasteiger partial charge in [0.1, 0.15) is 6.10 Å². The Bertz CT molecular complexity index is 464. The Morgan fingerprint density at radius 2 is 2.10 bits per heavy atom. The highest BCUT2D eigenvalue weighted by Crippen LogP contribution is 2.29. The minimum absolute atomic E-state index is 0.104. The van der Waals surface area contributed by atoms with Crippen LogP contribution in [0.3, 0.4) is 0 Å². The Hall–Kier alpha value is -1.91. The molecule has 0 unspecified atom stereocenters. The fraction of sp³-hybridized carbons (Fsp3) is 0.562. The van der Waals surface area contributed by atoms with Crippen LogP contribution >= 0.6 is 0 Å². The summed E-state index contributed by atoms with van der Waals surface area (Å²) in [6.07, 6.45) is 6.69. The lowest BCUT2D eigenvalue weighted by atomic mass is 9.85. The third-order valence-corrected chi connectivity index (χ3v) is 3.74. The molecule has 0 spiro atoms. The lowest BCUT2D eigenvalue weighted by Crippen LogP contribution is -2.26. The van der Waals surface area contributed by atoms with E-state index in [1.165, 1.54) is 6.20 Å². The highest BCUT2D eigenvalue weighted by atomic mass is 16.5. The first kappa shape index (κ1) is 15.5. The van der Waals surface area contributed by atoms with Crippen LogP contribution < -0.4 is 4.74 Å². The number of rotatable bonds is 6. The van der Waals surface area contributed by atoms with Gasteiger partial charge < -0.3 is 9.47 Å². The van der Waals surface area contributed by atoms with Crippen molar-refractivity contribution in [3.63, 3.8) is 0 Å². The first-order valence-electron chi connectivity index (χ1n) is 7.44. The number of hydrogen-bond acceptors (Lipinski definition) is 5. The Labute approximate surface area is 124 Å². The van der Waals surface area contributed by atoms with E-state index in [1.807, 2.05) is 6.92 Å². The summed E-state index contributed by atoms with van der Waals surface area (Å²) in [7, 11) is 0. The van der Waals surface area contributed by atoms with Crippen LogP contribution in [0.5, 0.6) is 5.88 Å². The van der Waals surface area contributed by atoms with Gasteiger partial charge in [-0.05, 0) is 44.6 Å². The first-order chi connectivity index (χ1) is 10.2. The van der Waals surface area contributed by atoms with E-state index in [-0.39, 0.29) is 12.1 Å². The van der Waals surface area contributed by atoms with Gasteiger partial charge in [-0.25, -0.2) is 4.98 Å². The number of carbonyl (C=O) groups excluding carboxylic acids is 2. The maximum atomic E-state index is 11.5. The second-order valence-corrected chi connectivity index (χ2v) is 5.32. The highest BCUT2D eigenvalue weighted by Gasteiger charge is 2.24. The van der Waals surface area contributed by atoms with Crippen molar-refractivity contribution in [2.24, 2.45) is 5.92 Å². The van der Waals surface area contributed by atoms with Crippen LogP contribution in [0.2, 0.25) is 0 Å². The topological polar surface area (TPSA) is 65.5 Å². The Morgan fingerprint density at radius 1 is 1.33 bits per heavy atom. The standard InChI is InChI=1S/C16H21NO4/c1-2-20-16(19)9-12-3-6-14(7-4-12)21-15-8-5-13(11-18)10-17-15/h5,8,10-12,14H,2-4,6-7,9H2,1H3. The van der Waals surface area contributed by atoms with E-state index in [0.717, 1.165) is 32.0 Å². The van der Waals surface area contributed by atoms with Gasteiger partial charge in [0.25, 0.3) is 0 Å². The normalized spacial score (nSPS) is 21.6. The largest absolute Gasteiger partial charge is 0.474 e. The van der Waals surface area contributed by atoms with Gasteiger partial charge in [0.05, 0.1) is 6.61 Å². The quantitative estimate of drug-likeness (QED) is 0.595. The number of pyridine rings is 1. The molecule has 0 amide bonds. The first-order valence-corrected chi connectivity index (χ1v) is 7.44. The Kier molecular flexibility index (Phi) is 5.72. The molecule has 2 rings (SSSR count). The van der Waals surface area contributed by atoms with Crippen LogP contribution in [0.1, 0.15) is 49.4 Å². The second-order valence-electron chi connectivity index (χ2n) is 5.32. The molecule has 1 aliphatic rings. The van der Waals surface area contributed by atoms with Crippen LogP contribution in [0, 0.1) is 5.92 Å². The lowest BCUT2D eigenvalue weighted by molar-refractivity contribution is -0.144. The van der Waals surface area contributed by atoms with Crippen molar-refractivity contribution in [1.29, 1.82) is 0 Å². The van der Waals surface area contributed by atoms with Gasteiger partial charge in [-0.1, -0.05) is 0 Å². The molecule has 114 valence electrons. The zero-order valence-corrected chi connectivity index (χ0v) is 12.3. The molecule has 1 saturated carbocycles. The summed E-state index contributed by atoms with van der Waals surface area (Å²) in [5.41, 5.74) is 0.542. The molecule has 1 heterocycles. The minimum atomic E-state index is -0.104. The lowest BCUT2D eigenvalue weighted by Gasteiger charge is -2.28. The summed E-state index contributed by atoms with van der Waals surface area (Å²) in [4.78, 5) is 26.1. The molecule has 0 aromatic carbocycles. The SMILES string of the molecule is CCOC(=O)CC1CCC(Oc2ccc(C=O)cn2)CC1. The monoisotopic (exact) mass is 291 g/mol. The second kappa shape index (κ2) is 7.76. The molecule has 0 N–H and O–H groups in total. The van der Waals surface area contributed by atoms with Crippen molar-refractivity contribution >= 4 is 12.3 Å². The van der Waals surface area contributed by atoms with Gasteiger partial charge in [-0.2, -0.15) is 0 Å². The van der Waals surface area contributed by atoms with Crippen LogP contribution in [0.4, 0.5) is 0 Å². The molecule has 0 aliphatic heterocycles. The van der Waals surface area contributed by atoms with E-state index in [9.17, 15) is 9.59 Å². The molecule has 5 nitrogen and oxygen atoms in total. The molecule has 1 aromatic heterocycles. The summed E-state index contributed by atoms with van der Waals surface area (Å²) in [5, 5.41) is 0. The highest BCUT2D eigenvalue weighted by molar-refractivity contribution is 5.74. The fourth-order valence-corrected chi connectivity index (χ4v) is 2.61. The molecular weight excluding hydrogens is 270 g/mol. The molecule has 1 fully saturated rings. The van der Waals surface area contributed by atoms with Gasteiger partial charge in [-0.15, -0.1) is 0 Å². The minimum Gasteiger partial charge on any atom is -0.474 e. The number of hydrogen-bond donors (Lipinski definition) is 0. The number of nitrogens with zero attached hydrogens (tertiary/aromatic N) is 1. The van der Waals surface area contributed by atoms with Crippen molar-refractivity contribution in [2.75, 3.05) is 6.61 Å². The average Bonchev–Trinajstić information content (AvgIpc) is 2.50. The molecule has 5 heteroatoms. The van der Waals surface area contributed by atoms with Crippen LogP contribution in [0.25, 0.3) is 0 Å². The van der Waals surface area contributed by atoms with Crippen molar-refractivity contribution in [2.45, 2.75) is 45.1 Å².